The van der Waals surface area contributed by atoms with Crippen molar-refractivity contribution < 1.29 is 14.4 Å². The van der Waals surface area contributed by atoms with E-state index in [2.05, 4.69) is 21.3 Å². The van der Waals surface area contributed by atoms with Gasteiger partial charge in [0.15, 0.2) is 0 Å². The van der Waals surface area contributed by atoms with Crippen LogP contribution in [-0.4, -0.2) is 23.4 Å². The van der Waals surface area contributed by atoms with Gasteiger partial charge in [-0.15, -0.1) is 0 Å². The zero-order valence-electron chi connectivity index (χ0n) is 16.8. The van der Waals surface area contributed by atoms with Gasteiger partial charge in [-0.1, -0.05) is 54.8 Å². The molecule has 1 aliphatic carbocycles. The second kappa shape index (κ2) is 9.63. The Morgan fingerprint density at radius 3 is 2.33 bits per heavy atom. The van der Waals surface area contributed by atoms with E-state index >= 15 is 0 Å². The second-order valence-corrected chi connectivity index (χ2v) is 7.82. The molecule has 2 aromatic carbocycles. The lowest BCUT2D eigenvalue weighted by Crippen LogP contribution is -2.57. The predicted octanol–water partition coefficient (Wildman–Crippen LogP) is 4.05. The van der Waals surface area contributed by atoms with Crippen molar-refractivity contribution in [3.05, 3.63) is 59.1 Å². The molecule has 0 aromatic heterocycles. The van der Waals surface area contributed by atoms with Crippen LogP contribution >= 0.6 is 11.6 Å². The number of carbonyl (C=O) groups is 3. The van der Waals surface area contributed by atoms with Crippen molar-refractivity contribution in [3.63, 3.8) is 0 Å². The van der Waals surface area contributed by atoms with Crippen molar-refractivity contribution >= 4 is 40.8 Å². The summed E-state index contributed by atoms with van der Waals surface area (Å²) in [5.41, 5.74) is 0.975. The molecule has 1 aliphatic rings. The molecule has 7 nitrogen and oxygen atoms in total. The van der Waals surface area contributed by atoms with Crippen LogP contribution in [0.4, 0.5) is 16.2 Å². The van der Waals surface area contributed by atoms with E-state index in [0.29, 0.717) is 35.8 Å². The smallest absolute Gasteiger partial charge is 0.315 e. The molecule has 0 unspecified atom stereocenters. The largest absolute Gasteiger partial charge is 0.334 e. The number of rotatable bonds is 6. The summed E-state index contributed by atoms with van der Waals surface area (Å²) in [6.07, 6.45) is 2.84. The normalized spacial score (nSPS) is 14.6. The highest BCUT2D eigenvalue weighted by Gasteiger charge is 2.42. The number of halogens is 1. The zero-order valence-corrected chi connectivity index (χ0v) is 17.5. The number of hydrogen-bond donors (Lipinski definition) is 4. The summed E-state index contributed by atoms with van der Waals surface area (Å²) in [6, 6.07) is 14.0. The third-order valence-electron chi connectivity index (χ3n) is 5.08. The summed E-state index contributed by atoms with van der Waals surface area (Å²) in [5, 5.41) is 11.5. The molecule has 8 heteroatoms. The van der Waals surface area contributed by atoms with Crippen molar-refractivity contribution in [3.8, 4) is 0 Å². The SMILES string of the molecule is CC(=O)Nc1ccc(NC(=O)C2(NC(=O)NCc3ccccc3)CCCC2)cc1Cl. The molecule has 0 bridgehead atoms. The van der Waals surface area contributed by atoms with Crippen LogP contribution in [0.5, 0.6) is 0 Å². The maximum Gasteiger partial charge on any atom is 0.315 e. The van der Waals surface area contributed by atoms with Crippen LogP contribution in [0.15, 0.2) is 48.5 Å². The summed E-state index contributed by atoms with van der Waals surface area (Å²) >= 11 is 6.19. The molecule has 158 valence electrons. The van der Waals surface area contributed by atoms with Gasteiger partial charge in [-0.05, 0) is 36.6 Å². The molecule has 0 heterocycles. The van der Waals surface area contributed by atoms with Crippen molar-refractivity contribution in [2.45, 2.75) is 44.7 Å². The Hall–Kier alpha value is -3.06. The highest BCUT2D eigenvalue weighted by Crippen LogP contribution is 2.32. The van der Waals surface area contributed by atoms with Gasteiger partial charge in [0.05, 0.1) is 10.7 Å². The first-order valence-electron chi connectivity index (χ1n) is 9.86. The monoisotopic (exact) mass is 428 g/mol. The molecule has 1 fully saturated rings. The fourth-order valence-electron chi connectivity index (χ4n) is 3.56. The summed E-state index contributed by atoms with van der Waals surface area (Å²) in [6.45, 7) is 1.77. The Labute approximate surface area is 180 Å². The van der Waals surface area contributed by atoms with E-state index in [1.165, 1.54) is 6.92 Å². The van der Waals surface area contributed by atoms with Crippen LogP contribution in [0.2, 0.25) is 5.02 Å². The van der Waals surface area contributed by atoms with Crippen molar-refractivity contribution in [2.75, 3.05) is 10.6 Å². The van der Waals surface area contributed by atoms with Crippen LogP contribution in [0.1, 0.15) is 38.2 Å². The molecule has 0 atom stereocenters. The second-order valence-electron chi connectivity index (χ2n) is 7.41. The average molecular weight is 429 g/mol. The Morgan fingerprint density at radius 1 is 1.00 bits per heavy atom. The number of carbonyl (C=O) groups excluding carboxylic acids is 3. The number of hydrogen-bond acceptors (Lipinski definition) is 3. The van der Waals surface area contributed by atoms with Crippen LogP contribution in [0, 0.1) is 0 Å². The molecule has 4 N–H and O–H groups in total. The Balaban J connectivity index is 1.64. The van der Waals surface area contributed by atoms with Crippen LogP contribution < -0.4 is 21.3 Å². The molecular formula is C22H25ClN4O3. The lowest BCUT2D eigenvalue weighted by molar-refractivity contribution is -0.122. The van der Waals surface area contributed by atoms with Gasteiger partial charge in [-0.25, -0.2) is 4.79 Å². The maximum absolute atomic E-state index is 13.1. The highest BCUT2D eigenvalue weighted by atomic mass is 35.5. The van der Waals surface area contributed by atoms with E-state index in [1.54, 1.807) is 18.2 Å². The number of urea groups is 1. The van der Waals surface area contributed by atoms with Crippen molar-refractivity contribution in [2.24, 2.45) is 0 Å². The zero-order chi connectivity index (χ0) is 21.6. The third-order valence-corrected chi connectivity index (χ3v) is 5.39. The minimum atomic E-state index is -0.969. The minimum absolute atomic E-state index is 0.232. The van der Waals surface area contributed by atoms with Gasteiger partial charge >= 0.3 is 6.03 Å². The standard InChI is InChI=1S/C22H25ClN4O3/c1-15(28)25-19-10-9-17(13-18(19)23)26-20(29)22(11-5-6-12-22)27-21(30)24-14-16-7-3-2-4-8-16/h2-4,7-10,13H,5-6,11-12,14H2,1H3,(H,25,28)(H,26,29)(H2,24,27,30). The van der Waals surface area contributed by atoms with Gasteiger partial charge < -0.3 is 21.3 Å². The summed E-state index contributed by atoms with van der Waals surface area (Å²) in [4.78, 5) is 36.7. The molecule has 0 spiro atoms. The Bertz CT molecular complexity index is 927. The van der Waals surface area contributed by atoms with Gasteiger partial charge in [-0.3, -0.25) is 9.59 Å². The molecular weight excluding hydrogens is 404 g/mol. The van der Waals surface area contributed by atoms with Crippen molar-refractivity contribution in [1.82, 2.24) is 10.6 Å². The van der Waals surface area contributed by atoms with E-state index in [4.69, 9.17) is 11.6 Å². The van der Waals surface area contributed by atoms with Gasteiger partial charge in [-0.2, -0.15) is 0 Å². The Kier molecular flexibility index (Phi) is 6.95. The van der Waals surface area contributed by atoms with Crippen LogP contribution in [0.25, 0.3) is 0 Å². The fraction of sp³-hybridized carbons (Fsp3) is 0.318. The predicted molar refractivity (Wildman–Crippen MR) is 117 cm³/mol. The average Bonchev–Trinajstić information content (AvgIpc) is 3.19. The molecule has 30 heavy (non-hydrogen) atoms. The number of anilines is 2. The van der Waals surface area contributed by atoms with Gasteiger partial charge in [0.25, 0.3) is 0 Å². The summed E-state index contributed by atoms with van der Waals surface area (Å²) in [5.74, 6) is -0.512. The number of nitrogens with one attached hydrogen (secondary N) is 4. The van der Waals surface area contributed by atoms with E-state index in [1.807, 2.05) is 30.3 Å². The highest BCUT2D eigenvalue weighted by molar-refractivity contribution is 6.34. The topological polar surface area (TPSA) is 99.3 Å². The Morgan fingerprint density at radius 2 is 1.70 bits per heavy atom. The third kappa shape index (κ3) is 5.51. The molecule has 2 aromatic rings. The molecule has 3 rings (SSSR count). The van der Waals surface area contributed by atoms with E-state index in [-0.39, 0.29) is 17.8 Å². The lowest BCUT2D eigenvalue weighted by atomic mass is 9.96. The fourth-order valence-corrected chi connectivity index (χ4v) is 3.79. The molecule has 1 saturated carbocycles. The number of amides is 4. The van der Waals surface area contributed by atoms with Gasteiger partial charge in [0, 0.05) is 19.2 Å². The summed E-state index contributed by atoms with van der Waals surface area (Å²) in [7, 11) is 0. The maximum atomic E-state index is 13.1. The first-order valence-corrected chi connectivity index (χ1v) is 10.2. The molecule has 0 aliphatic heterocycles. The lowest BCUT2D eigenvalue weighted by Gasteiger charge is -2.29. The van der Waals surface area contributed by atoms with Gasteiger partial charge in [0.1, 0.15) is 5.54 Å². The first kappa shape index (κ1) is 21.6. The van der Waals surface area contributed by atoms with E-state index in [0.717, 1.165) is 18.4 Å². The van der Waals surface area contributed by atoms with Crippen LogP contribution in [0.3, 0.4) is 0 Å². The first-order chi connectivity index (χ1) is 14.4. The molecule has 0 saturated heterocycles. The van der Waals surface area contributed by atoms with Crippen LogP contribution in [-0.2, 0) is 16.1 Å². The van der Waals surface area contributed by atoms with E-state index < -0.39 is 5.54 Å². The summed E-state index contributed by atoms with van der Waals surface area (Å²) < 4.78 is 0. The van der Waals surface area contributed by atoms with E-state index in [9.17, 15) is 14.4 Å². The quantitative estimate of drug-likeness (QED) is 0.558. The molecule has 0 radical (unpaired) electrons. The number of benzene rings is 2. The van der Waals surface area contributed by atoms with Crippen molar-refractivity contribution in [1.29, 1.82) is 0 Å². The molecule has 4 amide bonds. The van der Waals surface area contributed by atoms with Gasteiger partial charge in [0.2, 0.25) is 11.8 Å². The minimum Gasteiger partial charge on any atom is -0.334 e.